The number of amides is 1. The fourth-order valence-corrected chi connectivity index (χ4v) is 5.30. The highest BCUT2D eigenvalue weighted by Gasteiger charge is 2.50. The van der Waals surface area contributed by atoms with Gasteiger partial charge in [0.2, 0.25) is 5.91 Å². The predicted octanol–water partition coefficient (Wildman–Crippen LogP) is 2.79. The van der Waals surface area contributed by atoms with Crippen molar-refractivity contribution in [3.63, 3.8) is 0 Å². The van der Waals surface area contributed by atoms with E-state index in [1.807, 2.05) is 20.9 Å². The third kappa shape index (κ3) is 2.74. The van der Waals surface area contributed by atoms with Crippen LogP contribution in [0.1, 0.15) is 58.8 Å². The first-order valence-corrected chi connectivity index (χ1v) is 8.38. The SMILES string of the molecule is CN(C(=O)CCC(C)(C)N)C1C2CC3CC(C2)CC1C3. The van der Waals surface area contributed by atoms with Crippen molar-refractivity contribution >= 4 is 5.91 Å². The van der Waals surface area contributed by atoms with Crippen LogP contribution in [0.2, 0.25) is 0 Å². The van der Waals surface area contributed by atoms with E-state index in [0.29, 0.717) is 18.4 Å². The molecule has 20 heavy (non-hydrogen) atoms. The van der Waals surface area contributed by atoms with Gasteiger partial charge in [0.1, 0.15) is 0 Å². The molecule has 4 fully saturated rings. The molecule has 0 aromatic carbocycles. The first-order chi connectivity index (χ1) is 9.33. The third-order valence-electron chi connectivity index (χ3n) is 6.00. The molecule has 0 aromatic heterocycles. The molecule has 114 valence electrons. The highest BCUT2D eigenvalue weighted by Crippen LogP contribution is 2.55. The fourth-order valence-electron chi connectivity index (χ4n) is 5.30. The van der Waals surface area contributed by atoms with Gasteiger partial charge in [0, 0.05) is 25.0 Å². The summed E-state index contributed by atoms with van der Waals surface area (Å²) in [5.74, 6) is 3.82. The lowest BCUT2D eigenvalue weighted by Crippen LogP contribution is -2.56. The first kappa shape index (κ1) is 14.4. The van der Waals surface area contributed by atoms with Crippen molar-refractivity contribution in [3.8, 4) is 0 Å². The summed E-state index contributed by atoms with van der Waals surface area (Å²) in [5, 5.41) is 0. The van der Waals surface area contributed by atoms with Crippen LogP contribution in [0.5, 0.6) is 0 Å². The summed E-state index contributed by atoms with van der Waals surface area (Å²) in [6.45, 7) is 4.01. The minimum absolute atomic E-state index is 0.236. The van der Waals surface area contributed by atoms with Gasteiger partial charge in [0.15, 0.2) is 0 Å². The molecule has 0 atom stereocenters. The highest BCUT2D eigenvalue weighted by molar-refractivity contribution is 5.76. The van der Waals surface area contributed by atoms with Crippen molar-refractivity contribution < 1.29 is 4.79 Å². The summed E-state index contributed by atoms with van der Waals surface area (Å²) < 4.78 is 0. The van der Waals surface area contributed by atoms with Gasteiger partial charge in [-0.15, -0.1) is 0 Å². The van der Waals surface area contributed by atoms with Crippen molar-refractivity contribution in [2.24, 2.45) is 29.4 Å². The van der Waals surface area contributed by atoms with Gasteiger partial charge in [-0.1, -0.05) is 0 Å². The van der Waals surface area contributed by atoms with E-state index < -0.39 is 0 Å². The Bertz CT molecular complexity index is 357. The van der Waals surface area contributed by atoms with Crippen LogP contribution in [0.25, 0.3) is 0 Å². The second kappa shape index (κ2) is 5.01. The molecule has 1 amide bonds. The third-order valence-corrected chi connectivity index (χ3v) is 6.00. The van der Waals surface area contributed by atoms with Crippen LogP contribution in [0.15, 0.2) is 0 Å². The summed E-state index contributed by atoms with van der Waals surface area (Å²) in [7, 11) is 2.04. The molecule has 4 aliphatic carbocycles. The molecule has 0 aliphatic heterocycles. The van der Waals surface area contributed by atoms with E-state index >= 15 is 0 Å². The van der Waals surface area contributed by atoms with E-state index in [4.69, 9.17) is 5.73 Å². The average molecular weight is 278 g/mol. The summed E-state index contributed by atoms with van der Waals surface area (Å²) in [6.07, 6.45) is 8.34. The molecule has 0 spiro atoms. The quantitative estimate of drug-likeness (QED) is 0.859. The van der Waals surface area contributed by atoms with Gasteiger partial charge in [-0.05, 0) is 76.0 Å². The number of rotatable bonds is 4. The fraction of sp³-hybridized carbons (Fsp3) is 0.941. The van der Waals surface area contributed by atoms with E-state index in [-0.39, 0.29) is 5.54 Å². The minimum Gasteiger partial charge on any atom is -0.342 e. The molecule has 0 aromatic rings. The van der Waals surface area contributed by atoms with Crippen molar-refractivity contribution in [3.05, 3.63) is 0 Å². The number of hydrogen-bond acceptors (Lipinski definition) is 2. The van der Waals surface area contributed by atoms with Gasteiger partial charge >= 0.3 is 0 Å². The summed E-state index contributed by atoms with van der Waals surface area (Å²) >= 11 is 0. The Morgan fingerprint density at radius 2 is 1.60 bits per heavy atom. The lowest BCUT2D eigenvalue weighted by Gasteiger charge is -2.56. The summed E-state index contributed by atoms with van der Waals surface area (Å²) in [5.41, 5.74) is 5.77. The van der Waals surface area contributed by atoms with Gasteiger partial charge in [0.05, 0.1) is 0 Å². The molecule has 4 aliphatic rings. The van der Waals surface area contributed by atoms with E-state index in [0.717, 1.165) is 30.1 Å². The van der Waals surface area contributed by atoms with Crippen LogP contribution >= 0.6 is 0 Å². The molecular weight excluding hydrogens is 248 g/mol. The molecule has 0 heterocycles. The molecule has 3 heteroatoms. The molecule has 0 radical (unpaired) electrons. The topological polar surface area (TPSA) is 46.3 Å². The average Bonchev–Trinajstić information content (AvgIpc) is 2.33. The van der Waals surface area contributed by atoms with Gasteiger partial charge in [0.25, 0.3) is 0 Å². The lowest BCUT2D eigenvalue weighted by molar-refractivity contribution is -0.141. The zero-order valence-electron chi connectivity index (χ0n) is 13.3. The van der Waals surface area contributed by atoms with Crippen molar-refractivity contribution in [2.75, 3.05) is 7.05 Å². The first-order valence-electron chi connectivity index (χ1n) is 8.38. The van der Waals surface area contributed by atoms with Crippen LogP contribution in [-0.2, 0) is 4.79 Å². The standard InChI is InChI=1S/C17H30N2O/c1-17(2,18)5-4-15(20)19(3)16-13-7-11-6-12(9-13)10-14(16)8-11/h11-14,16H,4-10,18H2,1-3H3. The Balaban J connectivity index is 1.62. The summed E-state index contributed by atoms with van der Waals surface area (Å²) in [4.78, 5) is 14.6. The van der Waals surface area contributed by atoms with Crippen LogP contribution < -0.4 is 5.73 Å². The number of hydrogen-bond donors (Lipinski definition) is 1. The van der Waals surface area contributed by atoms with Gasteiger partial charge < -0.3 is 10.6 Å². The Morgan fingerprint density at radius 1 is 1.10 bits per heavy atom. The Kier molecular flexibility index (Phi) is 3.60. The van der Waals surface area contributed by atoms with Gasteiger partial charge in [-0.2, -0.15) is 0 Å². The van der Waals surface area contributed by atoms with Gasteiger partial charge in [-0.25, -0.2) is 0 Å². The largest absolute Gasteiger partial charge is 0.342 e. The van der Waals surface area contributed by atoms with Crippen molar-refractivity contribution in [2.45, 2.75) is 70.4 Å². The smallest absolute Gasteiger partial charge is 0.222 e. The number of nitrogens with two attached hydrogens (primary N) is 1. The second-order valence-electron chi connectivity index (χ2n) is 8.41. The Morgan fingerprint density at radius 3 is 2.05 bits per heavy atom. The molecular formula is C17H30N2O. The number of nitrogens with zero attached hydrogens (tertiary/aromatic N) is 1. The monoisotopic (exact) mass is 278 g/mol. The highest BCUT2D eigenvalue weighted by atomic mass is 16.2. The van der Waals surface area contributed by atoms with Crippen LogP contribution in [0.3, 0.4) is 0 Å². The Labute approximate surface area is 123 Å². The maximum atomic E-state index is 12.5. The zero-order chi connectivity index (χ0) is 14.5. The van der Waals surface area contributed by atoms with E-state index in [2.05, 4.69) is 4.90 Å². The van der Waals surface area contributed by atoms with E-state index in [1.165, 1.54) is 32.1 Å². The maximum absolute atomic E-state index is 12.5. The molecule has 3 nitrogen and oxygen atoms in total. The van der Waals surface area contributed by atoms with Crippen LogP contribution in [-0.4, -0.2) is 29.4 Å². The molecule has 4 bridgehead atoms. The molecule has 4 rings (SSSR count). The number of carbonyl (C=O) groups excluding carboxylic acids is 1. The van der Waals surface area contributed by atoms with Crippen LogP contribution in [0, 0.1) is 23.7 Å². The molecule has 2 N–H and O–H groups in total. The minimum atomic E-state index is -0.236. The van der Waals surface area contributed by atoms with Gasteiger partial charge in [-0.3, -0.25) is 4.79 Å². The maximum Gasteiger partial charge on any atom is 0.222 e. The van der Waals surface area contributed by atoms with Crippen LogP contribution in [0.4, 0.5) is 0 Å². The zero-order valence-corrected chi connectivity index (χ0v) is 13.3. The Hall–Kier alpha value is -0.570. The van der Waals surface area contributed by atoms with E-state index in [9.17, 15) is 4.79 Å². The second-order valence-corrected chi connectivity index (χ2v) is 8.41. The molecule has 4 saturated carbocycles. The van der Waals surface area contributed by atoms with Crippen molar-refractivity contribution in [1.82, 2.24) is 4.90 Å². The summed E-state index contributed by atoms with van der Waals surface area (Å²) in [6, 6.07) is 0.524. The van der Waals surface area contributed by atoms with Crippen molar-refractivity contribution in [1.29, 1.82) is 0 Å². The lowest BCUT2D eigenvalue weighted by atomic mass is 9.54. The van der Waals surface area contributed by atoms with E-state index in [1.54, 1.807) is 0 Å². The molecule has 0 saturated heterocycles. The molecule has 0 unspecified atom stereocenters. The number of carbonyl (C=O) groups is 1. The normalized spacial score (nSPS) is 39.1. The predicted molar refractivity (Wildman–Crippen MR) is 81.1 cm³/mol.